The van der Waals surface area contributed by atoms with Crippen LogP contribution in [-0.2, 0) is 0 Å². The van der Waals surface area contributed by atoms with Crippen LogP contribution in [0.15, 0.2) is 65.3 Å². The minimum absolute atomic E-state index is 0.196. The summed E-state index contributed by atoms with van der Waals surface area (Å²) in [6.45, 7) is 1.92. The van der Waals surface area contributed by atoms with E-state index in [-0.39, 0.29) is 17.6 Å². The third kappa shape index (κ3) is 4.08. The van der Waals surface area contributed by atoms with Crippen molar-refractivity contribution in [2.45, 2.75) is 6.92 Å². The van der Waals surface area contributed by atoms with Crippen molar-refractivity contribution < 1.29 is 14.0 Å². The fourth-order valence-corrected chi connectivity index (χ4v) is 2.54. The highest BCUT2D eigenvalue weighted by atomic mass is 35.5. The molecule has 0 bridgehead atoms. The van der Waals surface area contributed by atoms with Gasteiger partial charge in [-0.2, -0.15) is 0 Å². The van der Waals surface area contributed by atoms with Gasteiger partial charge in [-0.05, 0) is 55.0 Å². The molecule has 3 aromatic rings. The van der Waals surface area contributed by atoms with Gasteiger partial charge < -0.3 is 15.1 Å². The monoisotopic (exact) mass is 354 g/mol. The molecule has 1 aromatic heterocycles. The van der Waals surface area contributed by atoms with E-state index in [1.165, 1.54) is 6.26 Å². The first-order chi connectivity index (χ1) is 12.0. The molecule has 126 valence electrons. The third-order valence-corrected chi connectivity index (χ3v) is 3.81. The first-order valence-electron chi connectivity index (χ1n) is 7.55. The van der Waals surface area contributed by atoms with Gasteiger partial charge in [0.15, 0.2) is 5.76 Å². The van der Waals surface area contributed by atoms with Gasteiger partial charge >= 0.3 is 0 Å². The number of furan rings is 1. The van der Waals surface area contributed by atoms with Crippen LogP contribution >= 0.6 is 11.6 Å². The Hall–Kier alpha value is -3.05. The van der Waals surface area contributed by atoms with Crippen LogP contribution in [0.4, 0.5) is 11.4 Å². The van der Waals surface area contributed by atoms with E-state index in [0.29, 0.717) is 22.0 Å². The second-order valence-electron chi connectivity index (χ2n) is 5.45. The Kier molecular flexibility index (Phi) is 4.86. The van der Waals surface area contributed by atoms with Crippen molar-refractivity contribution in [1.29, 1.82) is 0 Å². The average Bonchev–Trinajstić information content (AvgIpc) is 3.12. The van der Waals surface area contributed by atoms with Gasteiger partial charge in [0.05, 0.1) is 17.0 Å². The maximum atomic E-state index is 12.4. The van der Waals surface area contributed by atoms with Crippen LogP contribution in [-0.4, -0.2) is 11.8 Å². The molecule has 2 amide bonds. The van der Waals surface area contributed by atoms with E-state index in [1.807, 2.05) is 13.0 Å². The van der Waals surface area contributed by atoms with E-state index in [1.54, 1.807) is 48.5 Å². The van der Waals surface area contributed by atoms with Gasteiger partial charge in [0.25, 0.3) is 11.8 Å². The number of hydrogen-bond donors (Lipinski definition) is 2. The number of nitrogens with one attached hydrogen (secondary N) is 2. The molecule has 0 saturated carbocycles. The molecule has 0 aliphatic carbocycles. The Morgan fingerprint density at radius 2 is 1.80 bits per heavy atom. The van der Waals surface area contributed by atoms with Crippen LogP contribution in [0, 0.1) is 6.92 Å². The highest BCUT2D eigenvalue weighted by Gasteiger charge is 2.12. The first-order valence-corrected chi connectivity index (χ1v) is 7.93. The number of aryl methyl sites for hydroxylation is 1. The lowest BCUT2D eigenvalue weighted by atomic mass is 10.1. The molecule has 5 nitrogen and oxygen atoms in total. The van der Waals surface area contributed by atoms with Crippen molar-refractivity contribution in [3.8, 4) is 0 Å². The summed E-state index contributed by atoms with van der Waals surface area (Å²) in [5.74, 6) is -0.509. The number of rotatable bonds is 4. The highest BCUT2D eigenvalue weighted by molar-refractivity contribution is 6.34. The summed E-state index contributed by atoms with van der Waals surface area (Å²) >= 11 is 6.14. The van der Waals surface area contributed by atoms with Crippen molar-refractivity contribution in [3.05, 3.63) is 82.8 Å². The van der Waals surface area contributed by atoms with Crippen molar-refractivity contribution in [3.63, 3.8) is 0 Å². The molecule has 2 N–H and O–H groups in total. The molecule has 0 radical (unpaired) electrons. The third-order valence-electron chi connectivity index (χ3n) is 3.50. The quantitative estimate of drug-likeness (QED) is 0.710. The zero-order chi connectivity index (χ0) is 17.8. The van der Waals surface area contributed by atoms with Crippen molar-refractivity contribution in [2.75, 3.05) is 10.6 Å². The van der Waals surface area contributed by atoms with Gasteiger partial charge in [0.2, 0.25) is 0 Å². The molecule has 0 aliphatic heterocycles. The molecular formula is C19H15ClN2O3. The summed E-state index contributed by atoms with van der Waals surface area (Å²) in [7, 11) is 0. The second-order valence-corrected chi connectivity index (χ2v) is 5.86. The Balaban J connectivity index is 1.74. The van der Waals surface area contributed by atoms with E-state index < -0.39 is 0 Å². The minimum Gasteiger partial charge on any atom is -0.459 e. The molecule has 0 fully saturated rings. The maximum absolute atomic E-state index is 12.4. The van der Waals surface area contributed by atoms with Gasteiger partial charge in [0.1, 0.15) is 0 Å². The Bertz CT molecular complexity index is 920. The Morgan fingerprint density at radius 1 is 0.960 bits per heavy atom. The lowest BCUT2D eigenvalue weighted by molar-refractivity contribution is 0.0993. The predicted octanol–water partition coefficient (Wildman–Crippen LogP) is 4.75. The summed E-state index contributed by atoms with van der Waals surface area (Å²) < 4.78 is 5.04. The molecule has 0 saturated heterocycles. The van der Waals surface area contributed by atoms with E-state index in [2.05, 4.69) is 10.6 Å². The molecule has 0 atom stereocenters. The van der Waals surface area contributed by atoms with Gasteiger partial charge in [-0.3, -0.25) is 9.59 Å². The second kappa shape index (κ2) is 7.23. The van der Waals surface area contributed by atoms with Gasteiger partial charge in [-0.15, -0.1) is 0 Å². The fourth-order valence-electron chi connectivity index (χ4n) is 2.25. The summed E-state index contributed by atoms with van der Waals surface area (Å²) in [4.78, 5) is 24.4. The van der Waals surface area contributed by atoms with Crippen LogP contribution in [0.25, 0.3) is 0 Å². The zero-order valence-corrected chi connectivity index (χ0v) is 14.1. The van der Waals surface area contributed by atoms with Gasteiger partial charge in [-0.1, -0.05) is 23.7 Å². The average molecular weight is 355 g/mol. The number of hydrogen-bond acceptors (Lipinski definition) is 3. The number of benzene rings is 2. The lowest BCUT2D eigenvalue weighted by Gasteiger charge is -2.09. The highest BCUT2D eigenvalue weighted by Crippen LogP contribution is 2.23. The van der Waals surface area contributed by atoms with E-state index in [9.17, 15) is 9.59 Å². The number of anilines is 2. The van der Waals surface area contributed by atoms with Crippen molar-refractivity contribution in [1.82, 2.24) is 0 Å². The molecule has 25 heavy (non-hydrogen) atoms. The smallest absolute Gasteiger partial charge is 0.291 e. The van der Waals surface area contributed by atoms with E-state index in [4.69, 9.17) is 16.0 Å². The van der Waals surface area contributed by atoms with E-state index in [0.717, 1.165) is 5.56 Å². The molecule has 3 rings (SSSR count). The Labute approximate surface area is 149 Å². The molecule has 0 spiro atoms. The van der Waals surface area contributed by atoms with Crippen LogP contribution in [0.5, 0.6) is 0 Å². The fraction of sp³-hybridized carbons (Fsp3) is 0.0526. The largest absolute Gasteiger partial charge is 0.459 e. The standard InChI is InChI=1S/C19H15ClN2O3/c1-12-7-8-16(15(20)10-12)22-18(23)13-4-2-5-14(11-13)21-19(24)17-6-3-9-25-17/h2-11H,1H3,(H,21,24)(H,22,23). The SMILES string of the molecule is Cc1ccc(NC(=O)c2cccc(NC(=O)c3ccco3)c2)c(Cl)c1. The normalized spacial score (nSPS) is 10.3. The number of carbonyl (C=O) groups excluding carboxylic acids is 2. The number of carbonyl (C=O) groups is 2. The molecule has 1 heterocycles. The van der Waals surface area contributed by atoms with Gasteiger partial charge in [0, 0.05) is 11.3 Å². The van der Waals surface area contributed by atoms with Crippen molar-refractivity contribution in [2.24, 2.45) is 0 Å². The van der Waals surface area contributed by atoms with Crippen LogP contribution in [0.1, 0.15) is 26.5 Å². The van der Waals surface area contributed by atoms with Crippen LogP contribution < -0.4 is 10.6 Å². The number of amides is 2. The van der Waals surface area contributed by atoms with Crippen LogP contribution in [0.2, 0.25) is 5.02 Å². The molecular weight excluding hydrogens is 340 g/mol. The van der Waals surface area contributed by atoms with Crippen molar-refractivity contribution >= 4 is 34.8 Å². The maximum Gasteiger partial charge on any atom is 0.291 e. The summed E-state index contributed by atoms with van der Waals surface area (Å²) in [5.41, 5.74) is 2.42. The molecule has 0 unspecified atom stereocenters. The first kappa shape index (κ1) is 16.8. The Morgan fingerprint density at radius 3 is 2.52 bits per heavy atom. The molecule has 6 heteroatoms. The van der Waals surface area contributed by atoms with Gasteiger partial charge in [-0.25, -0.2) is 0 Å². The topological polar surface area (TPSA) is 71.3 Å². The number of halogens is 1. The lowest BCUT2D eigenvalue weighted by Crippen LogP contribution is -2.14. The minimum atomic E-state index is -0.385. The van der Waals surface area contributed by atoms with E-state index >= 15 is 0 Å². The summed E-state index contributed by atoms with van der Waals surface area (Å²) in [6.07, 6.45) is 1.42. The molecule has 2 aromatic carbocycles. The summed E-state index contributed by atoms with van der Waals surface area (Å²) in [6, 6.07) is 15.2. The molecule has 0 aliphatic rings. The summed E-state index contributed by atoms with van der Waals surface area (Å²) in [5, 5.41) is 5.91. The van der Waals surface area contributed by atoms with Crippen LogP contribution in [0.3, 0.4) is 0 Å². The zero-order valence-electron chi connectivity index (χ0n) is 13.4. The predicted molar refractivity (Wildman–Crippen MR) is 97.2 cm³/mol.